The van der Waals surface area contributed by atoms with Gasteiger partial charge >= 0.3 is 0 Å². The standard InChI is InChI=1S/C21H28N4O/c1-14-8-16(11-18(9-14)19-12-15-2-3-17(19)10-15)13-20-23-21(24-26-20)25-6-4-22-5-7-25/h8-9,11,15,17,19,22H,2-7,10,12-13H2,1H3/t15-,17+,19?/m1/s1. The minimum absolute atomic E-state index is 0.725. The molecule has 1 aromatic heterocycles. The van der Waals surface area contributed by atoms with E-state index in [1.165, 1.54) is 42.4 Å². The number of benzene rings is 1. The summed E-state index contributed by atoms with van der Waals surface area (Å²) in [7, 11) is 0. The third kappa shape index (κ3) is 3.13. The van der Waals surface area contributed by atoms with Crippen molar-refractivity contribution in [2.45, 2.75) is 44.9 Å². The second-order valence-corrected chi connectivity index (χ2v) is 8.44. The van der Waals surface area contributed by atoms with Crippen LogP contribution < -0.4 is 10.2 Å². The molecule has 1 N–H and O–H groups in total. The van der Waals surface area contributed by atoms with E-state index in [9.17, 15) is 0 Å². The minimum atomic E-state index is 0.725. The van der Waals surface area contributed by atoms with Crippen molar-refractivity contribution in [2.75, 3.05) is 31.1 Å². The van der Waals surface area contributed by atoms with E-state index in [4.69, 9.17) is 4.52 Å². The maximum Gasteiger partial charge on any atom is 0.266 e. The molecule has 1 aromatic carbocycles. The molecule has 3 atom stereocenters. The summed E-state index contributed by atoms with van der Waals surface area (Å²) in [5.41, 5.74) is 4.19. The lowest BCUT2D eigenvalue weighted by molar-refractivity contribution is 0.383. The number of hydrogen-bond acceptors (Lipinski definition) is 5. The lowest BCUT2D eigenvalue weighted by atomic mass is 9.82. The van der Waals surface area contributed by atoms with Crippen molar-refractivity contribution in [3.63, 3.8) is 0 Å². The molecule has 2 aromatic rings. The average Bonchev–Trinajstić information content (AvgIpc) is 3.39. The highest BCUT2D eigenvalue weighted by molar-refractivity contribution is 5.35. The number of aromatic nitrogens is 2. The van der Waals surface area contributed by atoms with Crippen molar-refractivity contribution >= 4 is 5.95 Å². The molecule has 0 spiro atoms. The van der Waals surface area contributed by atoms with Gasteiger partial charge in [0.2, 0.25) is 5.89 Å². The van der Waals surface area contributed by atoms with Gasteiger partial charge < -0.3 is 14.7 Å². The fourth-order valence-corrected chi connectivity index (χ4v) is 5.35. The van der Waals surface area contributed by atoms with Gasteiger partial charge in [0.1, 0.15) is 0 Å². The topological polar surface area (TPSA) is 54.2 Å². The van der Waals surface area contributed by atoms with Crippen LogP contribution in [0.25, 0.3) is 0 Å². The average molecular weight is 352 g/mol. The maximum atomic E-state index is 5.55. The Morgan fingerprint density at radius 2 is 2.04 bits per heavy atom. The molecule has 5 heteroatoms. The van der Waals surface area contributed by atoms with Crippen molar-refractivity contribution in [1.29, 1.82) is 0 Å². The van der Waals surface area contributed by atoms with E-state index in [0.717, 1.165) is 62.2 Å². The predicted molar refractivity (Wildman–Crippen MR) is 102 cm³/mol. The number of aryl methyl sites for hydroxylation is 1. The van der Waals surface area contributed by atoms with Gasteiger partial charge in [0.05, 0.1) is 6.42 Å². The van der Waals surface area contributed by atoms with Crippen LogP contribution in [0.2, 0.25) is 0 Å². The molecule has 2 aliphatic carbocycles. The highest BCUT2D eigenvalue weighted by atomic mass is 16.5. The van der Waals surface area contributed by atoms with E-state index < -0.39 is 0 Å². The van der Waals surface area contributed by atoms with Gasteiger partial charge in [-0.05, 0) is 60.2 Å². The molecule has 5 nitrogen and oxygen atoms in total. The maximum absolute atomic E-state index is 5.55. The highest BCUT2D eigenvalue weighted by Crippen LogP contribution is 2.53. The first-order valence-electron chi connectivity index (χ1n) is 10.1. The summed E-state index contributed by atoms with van der Waals surface area (Å²) in [6.45, 7) is 6.05. The summed E-state index contributed by atoms with van der Waals surface area (Å²) >= 11 is 0. The first-order chi connectivity index (χ1) is 12.7. The highest BCUT2D eigenvalue weighted by Gasteiger charge is 2.40. The van der Waals surface area contributed by atoms with Crippen molar-refractivity contribution in [2.24, 2.45) is 11.8 Å². The molecule has 2 heterocycles. The molecule has 2 bridgehead atoms. The van der Waals surface area contributed by atoms with Gasteiger partial charge in [-0.1, -0.05) is 30.2 Å². The Kier molecular flexibility index (Phi) is 4.20. The summed E-state index contributed by atoms with van der Waals surface area (Å²) in [4.78, 5) is 6.84. The SMILES string of the molecule is Cc1cc(Cc2nc(N3CCNCC3)no2)cc(C2C[C@@H]3CC[C@H]2C3)c1. The van der Waals surface area contributed by atoms with Gasteiger partial charge in [0.25, 0.3) is 5.95 Å². The number of nitrogens with one attached hydrogen (secondary N) is 1. The molecule has 26 heavy (non-hydrogen) atoms. The van der Waals surface area contributed by atoms with E-state index in [-0.39, 0.29) is 0 Å². The molecule has 0 radical (unpaired) electrons. The van der Waals surface area contributed by atoms with Gasteiger partial charge in [-0.2, -0.15) is 4.98 Å². The fourth-order valence-electron chi connectivity index (χ4n) is 5.35. The molecule has 1 saturated heterocycles. The smallest absolute Gasteiger partial charge is 0.266 e. The van der Waals surface area contributed by atoms with E-state index in [0.29, 0.717) is 0 Å². The zero-order chi connectivity index (χ0) is 17.5. The Morgan fingerprint density at radius 1 is 1.15 bits per heavy atom. The third-order valence-corrected chi connectivity index (χ3v) is 6.54. The normalized spacial score (nSPS) is 28.0. The van der Waals surface area contributed by atoms with Crippen LogP contribution in [0.4, 0.5) is 5.95 Å². The second-order valence-electron chi connectivity index (χ2n) is 8.44. The van der Waals surface area contributed by atoms with Gasteiger partial charge in [0, 0.05) is 26.2 Å². The molecular weight excluding hydrogens is 324 g/mol. The van der Waals surface area contributed by atoms with Crippen LogP contribution in [0.5, 0.6) is 0 Å². The fraction of sp³-hybridized carbons (Fsp3) is 0.619. The van der Waals surface area contributed by atoms with E-state index >= 15 is 0 Å². The lowest BCUT2D eigenvalue weighted by Crippen LogP contribution is -2.44. The first-order valence-corrected chi connectivity index (χ1v) is 10.1. The van der Waals surface area contributed by atoms with Crippen LogP contribution in [-0.4, -0.2) is 36.3 Å². The molecule has 1 aliphatic heterocycles. The molecule has 2 saturated carbocycles. The number of piperazine rings is 1. The zero-order valence-corrected chi connectivity index (χ0v) is 15.6. The minimum Gasteiger partial charge on any atom is -0.337 e. The van der Waals surface area contributed by atoms with Gasteiger partial charge in [0.15, 0.2) is 0 Å². The third-order valence-electron chi connectivity index (χ3n) is 6.54. The van der Waals surface area contributed by atoms with Gasteiger partial charge in [-0.3, -0.25) is 0 Å². The molecule has 138 valence electrons. The van der Waals surface area contributed by atoms with Gasteiger partial charge in [-0.15, -0.1) is 0 Å². The Balaban J connectivity index is 1.33. The van der Waals surface area contributed by atoms with Crippen molar-refractivity contribution in [3.05, 3.63) is 40.8 Å². The summed E-state index contributed by atoms with van der Waals surface area (Å²) in [6, 6.07) is 7.06. The molecular formula is C21H28N4O. The number of hydrogen-bond donors (Lipinski definition) is 1. The first kappa shape index (κ1) is 16.3. The van der Waals surface area contributed by atoms with Crippen LogP contribution in [0.3, 0.4) is 0 Å². The van der Waals surface area contributed by atoms with Gasteiger partial charge in [-0.25, -0.2) is 0 Å². The van der Waals surface area contributed by atoms with Crippen LogP contribution in [0, 0.1) is 18.8 Å². The number of rotatable bonds is 4. The number of nitrogens with zero attached hydrogens (tertiary/aromatic N) is 3. The Morgan fingerprint density at radius 3 is 2.81 bits per heavy atom. The monoisotopic (exact) mass is 352 g/mol. The lowest BCUT2D eigenvalue weighted by Gasteiger charge is -2.25. The Bertz CT molecular complexity index is 780. The second kappa shape index (κ2) is 6.69. The van der Waals surface area contributed by atoms with Crippen molar-refractivity contribution in [3.8, 4) is 0 Å². The quantitative estimate of drug-likeness (QED) is 0.915. The predicted octanol–water partition coefficient (Wildman–Crippen LogP) is 3.28. The molecule has 3 fully saturated rings. The van der Waals surface area contributed by atoms with E-state index in [1.54, 1.807) is 0 Å². The van der Waals surface area contributed by atoms with Crippen LogP contribution in [0.1, 0.15) is 54.2 Å². The van der Waals surface area contributed by atoms with Crippen molar-refractivity contribution in [1.82, 2.24) is 15.5 Å². The molecule has 3 aliphatic rings. The summed E-state index contributed by atoms with van der Waals surface area (Å²) in [5.74, 6) is 4.13. The van der Waals surface area contributed by atoms with Crippen molar-refractivity contribution < 1.29 is 4.52 Å². The Labute approximate surface area is 155 Å². The Hall–Kier alpha value is -1.88. The summed E-state index contributed by atoms with van der Waals surface area (Å²) < 4.78 is 5.55. The number of fused-ring (bicyclic) bond motifs is 2. The molecule has 5 rings (SSSR count). The van der Waals surface area contributed by atoms with Crippen LogP contribution in [0.15, 0.2) is 22.7 Å². The summed E-state index contributed by atoms with van der Waals surface area (Å²) in [5, 5.41) is 7.56. The molecule has 0 amide bonds. The van der Waals surface area contributed by atoms with Crippen LogP contribution in [-0.2, 0) is 6.42 Å². The van der Waals surface area contributed by atoms with Crippen LogP contribution >= 0.6 is 0 Å². The molecule has 1 unspecified atom stereocenters. The largest absolute Gasteiger partial charge is 0.337 e. The summed E-state index contributed by atoms with van der Waals surface area (Å²) in [6.07, 6.45) is 6.45. The van der Waals surface area contributed by atoms with E-state index in [2.05, 4.69) is 45.5 Å². The zero-order valence-electron chi connectivity index (χ0n) is 15.6. The number of anilines is 1. The van der Waals surface area contributed by atoms with E-state index in [1.807, 2.05) is 0 Å².